The van der Waals surface area contributed by atoms with Gasteiger partial charge >= 0.3 is 0 Å². The van der Waals surface area contributed by atoms with E-state index in [0.717, 1.165) is 18.2 Å². The third-order valence-corrected chi connectivity index (χ3v) is 4.64. The lowest BCUT2D eigenvalue weighted by molar-refractivity contribution is 0.630. The Labute approximate surface area is 119 Å². The highest BCUT2D eigenvalue weighted by molar-refractivity contribution is 7.99. The van der Waals surface area contributed by atoms with E-state index in [-0.39, 0.29) is 6.04 Å². The summed E-state index contributed by atoms with van der Waals surface area (Å²) in [7, 11) is 0. The molecular weight excluding hydrogens is 252 g/mol. The minimum atomic E-state index is 0.253. The molecule has 1 aliphatic carbocycles. The van der Waals surface area contributed by atoms with E-state index in [9.17, 15) is 0 Å². The zero-order valence-corrected chi connectivity index (χ0v) is 11.9. The maximum atomic E-state index is 6.21. The topological polar surface area (TPSA) is 30.9 Å². The van der Waals surface area contributed by atoms with Crippen molar-refractivity contribution in [3.63, 3.8) is 0 Å². The van der Waals surface area contributed by atoms with Crippen molar-refractivity contribution >= 4 is 11.8 Å². The van der Waals surface area contributed by atoms with Gasteiger partial charge in [0, 0.05) is 35.6 Å². The van der Waals surface area contributed by atoms with Gasteiger partial charge in [-0.1, -0.05) is 18.2 Å². The number of nitrogens with two attached hydrogens (primary N) is 1. The lowest BCUT2D eigenvalue weighted by atomic mass is 10.1. The van der Waals surface area contributed by atoms with Crippen molar-refractivity contribution < 1.29 is 0 Å². The molecule has 0 amide bonds. The molecule has 1 unspecified atom stereocenters. The van der Waals surface area contributed by atoms with Crippen LogP contribution in [0.4, 0.5) is 0 Å². The van der Waals surface area contributed by atoms with E-state index in [1.807, 2.05) is 11.8 Å². The van der Waals surface area contributed by atoms with Crippen LogP contribution in [0, 0.1) is 5.92 Å². The number of benzene rings is 1. The van der Waals surface area contributed by atoms with Crippen molar-refractivity contribution in [1.82, 2.24) is 4.57 Å². The Bertz CT molecular complexity index is 517. The Balaban J connectivity index is 1.50. The van der Waals surface area contributed by atoms with Crippen LogP contribution in [-0.2, 0) is 6.54 Å². The van der Waals surface area contributed by atoms with Crippen molar-refractivity contribution in [1.29, 1.82) is 0 Å². The summed E-state index contributed by atoms with van der Waals surface area (Å²) in [5.74, 6) is 1.83. The molecule has 2 nitrogen and oxygen atoms in total. The summed E-state index contributed by atoms with van der Waals surface area (Å²) in [6, 6.07) is 13.0. The molecule has 1 atom stereocenters. The summed E-state index contributed by atoms with van der Waals surface area (Å²) in [4.78, 5) is 1.34. The standard InChI is InChI=1S/C16H20N2S/c17-16(13-6-7-13)14-8-9-18(12-14)10-11-19-15-4-2-1-3-5-15/h1-5,8-9,12-13,16H,6-7,10-11,17H2. The van der Waals surface area contributed by atoms with Crippen LogP contribution in [0.5, 0.6) is 0 Å². The quantitative estimate of drug-likeness (QED) is 0.813. The van der Waals surface area contributed by atoms with E-state index in [0.29, 0.717) is 0 Å². The monoisotopic (exact) mass is 272 g/mol. The van der Waals surface area contributed by atoms with Gasteiger partial charge < -0.3 is 10.3 Å². The molecule has 1 saturated carbocycles. The summed E-state index contributed by atoms with van der Waals surface area (Å²) in [6.45, 7) is 1.04. The van der Waals surface area contributed by atoms with Gasteiger partial charge in [-0.25, -0.2) is 0 Å². The Morgan fingerprint density at radius 2 is 2.00 bits per heavy atom. The van der Waals surface area contributed by atoms with Gasteiger partial charge in [-0.3, -0.25) is 0 Å². The van der Waals surface area contributed by atoms with E-state index >= 15 is 0 Å². The third-order valence-electron chi connectivity index (χ3n) is 3.65. The molecule has 3 rings (SSSR count). The van der Waals surface area contributed by atoms with Crippen LogP contribution in [-0.4, -0.2) is 10.3 Å². The van der Waals surface area contributed by atoms with Crippen LogP contribution >= 0.6 is 11.8 Å². The van der Waals surface area contributed by atoms with Crippen LogP contribution in [0.25, 0.3) is 0 Å². The number of thioether (sulfide) groups is 1. The smallest absolute Gasteiger partial charge is 0.0338 e. The van der Waals surface area contributed by atoms with E-state index in [2.05, 4.69) is 53.4 Å². The highest BCUT2D eigenvalue weighted by atomic mass is 32.2. The Morgan fingerprint density at radius 3 is 2.74 bits per heavy atom. The van der Waals surface area contributed by atoms with E-state index in [1.54, 1.807) is 0 Å². The van der Waals surface area contributed by atoms with Gasteiger partial charge in [0.1, 0.15) is 0 Å². The summed E-state index contributed by atoms with van der Waals surface area (Å²) >= 11 is 1.90. The molecule has 1 aliphatic rings. The molecule has 100 valence electrons. The van der Waals surface area contributed by atoms with Gasteiger partial charge in [-0.15, -0.1) is 11.8 Å². The molecule has 2 aromatic rings. The lowest BCUT2D eigenvalue weighted by Crippen LogP contribution is -2.11. The highest BCUT2D eigenvalue weighted by Crippen LogP contribution is 2.39. The first-order chi connectivity index (χ1) is 9.33. The molecule has 0 spiro atoms. The molecule has 0 saturated heterocycles. The van der Waals surface area contributed by atoms with E-state index < -0.39 is 0 Å². The fraction of sp³-hybridized carbons (Fsp3) is 0.375. The number of hydrogen-bond donors (Lipinski definition) is 1. The maximum absolute atomic E-state index is 6.21. The van der Waals surface area contributed by atoms with Gasteiger partial charge in [0.2, 0.25) is 0 Å². The Kier molecular flexibility index (Phi) is 3.95. The van der Waals surface area contributed by atoms with Crippen molar-refractivity contribution in [2.75, 3.05) is 5.75 Å². The zero-order valence-electron chi connectivity index (χ0n) is 11.0. The predicted molar refractivity (Wildman–Crippen MR) is 81.3 cm³/mol. The minimum absolute atomic E-state index is 0.253. The molecule has 0 bridgehead atoms. The van der Waals surface area contributed by atoms with Crippen LogP contribution in [0.15, 0.2) is 53.7 Å². The number of aryl methyl sites for hydroxylation is 1. The molecule has 1 aromatic carbocycles. The number of rotatable bonds is 6. The lowest BCUT2D eigenvalue weighted by Gasteiger charge is -2.07. The van der Waals surface area contributed by atoms with Crippen LogP contribution < -0.4 is 5.73 Å². The summed E-state index contributed by atoms with van der Waals surface area (Å²) < 4.78 is 2.26. The zero-order chi connectivity index (χ0) is 13.1. The molecular formula is C16H20N2S. The first-order valence-corrected chi connectivity index (χ1v) is 7.90. The molecule has 1 heterocycles. The van der Waals surface area contributed by atoms with Gasteiger partial charge in [-0.2, -0.15) is 0 Å². The molecule has 19 heavy (non-hydrogen) atoms. The SMILES string of the molecule is NC(c1ccn(CCSc2ccccc2)c1)C1CC1. The van der Waals surface area contributed by atoms with Crippen molar-refractivity contribution in [2.45, 2.75) is 30.3 Å². The highest BCUT2D eigenvalue weighted by Gasteiger charge is 2.29. The largest absolute Gasteiger partial charge is 0.353 e. The number of aromatic nitrogens is 1. The van der Waals surface area contributed by atoms with Gasteiger partial charge in [0.05, 0.1) is 0 Å². The second-order valence-corrected chi connectivity index (χ2v) is 6.38. The molecule has 1 fully saturated rings. The molecule has 0 aliphatic heterocycles. The van der Waals surface area contributed by atoms with Crippen LogP contribution in [0.2, 0.25) is 0 Å². The fourth-order valence-corrected chi connectivity index (χ4v) is 3.20. The van der Waals surface area contributed by atoms with E-state index in [1.165, 1.54) is 23.3 Å². The summed E-state index contributed by atoms with van der Waals surface area (Å²) in [6.07, 6.45) is 6.98. The third kappa shape index (κ3) is 3.43. The first-order valence-electron chi connectivity index (χ1n) is 6.92. The normalized spacial score (nSPS) is 16.5. The van der Waals surface area contributed by atoms with Gasteiger partial charge in [0.25, 0.3) is 0 Å². The second kappa shape index (κ2) is 5.85. The minimum Gasteiger partial charge on any atom is -0.353 e. The Hall–Kier alpha value is -1.19. The Morgan fingerprint density at radius 1 is 1.21 bits per heavy atom. The predicted octanol–water partition coefficient (Wildman–Crippen LogP) is 3.69. The van der Waals surface area contributed by atoms with Gasteiger partial charge in [0.15, 0.2) is 0 Å². The number of hydrogen-bond acceptors (Lipinski definition) is 2. The van der Waals surface area contributed by atoms with Crippen LogP contribution in [0.3, 0.4) is 0 Å². The number of nitrogens with zero attached hydrogens (tertiary/aromatic N) is 1. The van der Waals surface area contributed by atoms with Crippen LogP contribution in [0.1, 0.15) is 24.4 Å². The van der Waals surface area contributed by atoms with Gasteiger partial charge in [-0.05, 0) is 42.5 Å². The molecule has 3 heteroatoms. The average Bonchev–Trinajstić information content (AvgIpc) is 3.19. The summed E-state index contributed by atoms with van der Waals surface area (Å²) in [5.41, 5.74) is 7.51. The maximum Gasteiger partial charge on any atom is 0.0338 e. The molecule has 1 aromatic heterocycles. The summed E-state index contributed by atoms with van der Waals surface area (Å²) in [5, 5.41) is 0. The fourth-order valence-electron chi connectivity index (χ4n) is 2.31. The molecule has 2 N–H and O–H groups in total. The van der Waals surface area contributed by atoms with E-state index in [4.69, 9.17) is 5.73 Å². The first kappa shape index (κ1) is 12.8. The van der Waals surface area contributed by atoms with Crippen molar-refractivity contribution in [2.24, 2.45) is 11.7 Å². The average molecular weight is 272 g/mol. The second-order valence-electron chi connectivity index (χ2n) is 5.21. The van der Waals surface area contributed by atoms with Crippen molar-refractivity contribution in [3.05, 3.63) is 54.4 Å². The molecule has 0 radical (unpaired) electrons. The van der Waals surface area contributed by atoms with Crippen molar-refractivity contribution in [3.8, 4) is 0 Å².